The first-order chi connectivity index (χ1) is 16.0. The number of benzene rings is 3. The van der Waals surface area contributed by atoms with Gasteiger partial charge in [0.2, 0.25) is 18.4 Å². The van der Waals surface area contributed by atoms with Crippen LogP contribution < -0.4 is 19.5 Å². The third kappa shape index (κ3) is 2.86. The quantitative estimate of drug-likeness (QED) is 0.465. The molecule has 0 radical (unpaired) electrons. The van der Waals surface area contributed by atoms with Gasteiger partial charge in [-0.15, -0.1) is 0 Å². The van der Waals surface area contributed by atoms with Crippen molar-refractivity contribution in [3.8, 4) is 17.2 Å². The lowest BCUT2D eigenvalue weighted by atomic mass is 9.79. The maximum Gasteiger partial charge on any atom is 0.232 e. The van der Waals surface area contributed by atoms with Crippen LogP contribution in [0.15, 0.2) is 58.6 Å². The zero-order valence-corrected chi connectivity index (χ0v) is 20.1. The number of rotatable bonds is 3. The van der Waals surface area contributed by atoms with Crippen LogP contribution in [0.1, 0.15) is 46.6 Å². The Bertz CT molecular complexity index is 1380. The highest BCUT2D eigenvalue weighted by Crippen LogP contribution is 2.56. The number of fused-ring (bicyclic) bond motifs is 3. The Morgan fingerprint density at radius 3 is 2.70 bits per heavy atom. The van der Waals surface area contributed by atoms with Gasteiger partial charge in [0.25, 0.3) is 0 Å². The molecule has 0 bridgehead atoms. The molecule has 2 unspecified atom stereocenters. The van der Waals surface area contributed by atoms with Gasteiger partial charge in [0.05, 0.1) is 13.0 Å². The first-order valence-electron chi connectivity index (χ1n) is 10.9. The highest BCUT2D eigenvalue weighted by atomic mass is 79.9. The van der Waals surface area contributed by atoms with E-state index in [4.69, 9.17) is 14.2 Å². The average Bonchev–Trinajstić information content (AvgIpc) is 3.49. The van der Waals surface area contributed by atoms with Crippen LogP contribution in [0.2, 0.25) is 0 Å². The molecule has 5 nitrogen and oxygen atoms in total. The van der Waals surface area contributed by atoms with E-state index in [1.807, 2.05) is 36.4 Å². The Hall–Kier alpha value is -3.25. The van der Waals surface area contributed by atoms with Gasteiger partial charge < -0.3 is 19.5 Å². The Morgan fingerprint density at radius 1 is 1.06 bits per heavy atom. The zero-order chi connectivity index (χ0) is 22.9. The second-order valence-electron chi connectivity index (χ2n) is 8.64. The highest BCUT2D eigenvalue weighted by Gasteiger charge is 2.44. The predicted molar refractivity (Wildman–Crippen MR) is 130 cm³/mol. The number of amides is 1. The van der Waals surface area contributed by atoms with Crippen LogP contribution in [0.4, 0.5) is 5.69 Å². The molecule has 0 spiro atoms. The number of hydrogen-bond donors (Lipinski definition) is 1. The van der Waals surface area contributed by atoms with Crippen LogP contribution in [0.5, 0.6) is 17.2 Å². The van der Waals surface area contributed by atoms with Crippen molar-refractivity contribution in [3.05, 3.63) is 86.4 Å². The molecular weight excluding hydrogens is 482 g/mol. The standard InChI is InChI=1S/C27H22BrNO4/c1-13-18(28)8-9-19-24(13)25(27(30)29-19)23-14(2)22(16-6-4-5-7-17(16)23)15-10-20(31-3)26-21(11-15)32-12-33-26/h4-11,23,25H,12H2,1-3H3,(H,29,30). The number of methoxy groups -OCH3 is 1. The molecule has 166 valence electrons. The van der Waals surface area contributed by atoms with Crippen LogP contribution in [0.25, 0.3) is 5.57 Å². The number of ether oxygens (including phenoxy) is 3. The molecule has 1 aliphatic carbocycles. The molecule has 6 rings (SSSR count). The van der Waals surface area contributed by atoms with Crippen molar-refractivity contribution in [2.75, 3.05) is 19.2 Å². The van der Waals surface area contributed by atoms with Crippen molar-refractivity contribution >= 4 is 33.1 Å². The van der Waals surface area contributed by atoms with E-state index in [1.165, 1.54) is 0 Å². The van der Waals surface area contributed by atoms with Gasteiger partial charge in [-0.25, -0.2) is 0 Å². The van der Waals surface area contributed by atoms with Gasteiger partial charge >= 0.3 is 0 Å². The van der Waals surface area contributed by atoms with E-state index in [1.54, 1.807) is 7.11 Å². The maximum atomic E-state index is 13.3. The fourth-order valence-corrected chi connectivity index (χ4v) is 5.90. The normalized spacial score (nSPS) is 20.1. The smallest absolute Gasteiger partial charge is 0.232 e. The van der Waals surface area contributed by atoms with Crippen LogP contribution in [0.3, 0.4) is 0 Å². The van der Waals surface area contributed by atoms with Gasteiger partial charge in [-0.3, -0.25) is 4.79 Å². The molecule has 6 heteroatoms. The second kappa shape index (κ2) is 7.39. The number of carbonyl (C=O) groups is 1. The fourth-order valence-electron chi connectivity index (χ4n) is 5.56. The number of carbonyl (C=O) groups excluding carboxylic acids is 1. The number of halogens is 1. The summed E-state index contributed by atoms with van der Waals surface area (Å²) in [7, 11) is 1.63. The highest BCUT2D eigenvalue weighted by molar-refractivity contribution is 9.10. The minimum atomic E-state index is -0.299. The van der Waals surface area contributed by atoms with E-state index in [9.17, 15) is 4.79 Å². The monoisotopic (exact) mass is 503 g/mol. The summed E-state index contributed by atoms with van der Waals surface area (Å²) in [5, 5.41) is 3.11. The molecule has 2 aliphatic heterocycles. The summed E-state index contributed by atoms with van der Waals surface area (Å²) in [5.74, 6) is 1.62. The lowest BCUT2D eigenvalue weighted by Gasteiger charge is -2.22. The average molecular weight is 504 g/mol. The van der Waals surface area contributed by atoms with Crippen LogP contribution in [-0.4, -0.2) is 19.8 Å². The molecule has 3 aromatic rings. The van der Waals surface area contributed by atoms with Crippen LogP contribution in [-0.2, 0) is 4.79 Å². The van der Waals surface area contributed by atoms with E-state index in [-0.39, 0.29) is 24.5 Å². The summed E-state index contributed by atoms with van der Waals surface area (Å²) in [6, 6.07) is 16.3. The molecule has 3 aliphatic rings. The summed E-state index contributed by atoms with van der Waals surface area (Å²) < 4.78 is 17.9. The Balaban J connectivity index is 1.57. The lowest BCUT2D eigenvalue weighted by molar-refractivity contribution is -0.117. The third-order valence-electron chi connectivity index (χ3n) is 7.01. The Kier molecular flexibility index (Phi) is 4.56. The van der Waals surface area contributed by atoms with E-state index in [0.29, 0.717) is 17.2 Å². The molecule has 0 saturated carbocycles. The number of anilines is 1. The molecule has 2 heterocycles. The summed E-state index contributed by atoms with van der Waals surface area (Å²) >= 11 is 3.65. The SMILES string of the molecule is COc1cc(C2=C(C)C(C3C(=O)Nc4ccc(Br)c(C)c43)c3ccccc32)cc2c1OCO2. The third-order valence-corrected chi connectivity index (χ3v) is 7.87. The van der Waals surface area contributed by atoms with Gasteiger partial charge in [0, 0.05) is 16.1 Å². The largest absolute Gasteiger partial charge is 0.493 e. The van der Waals surface area contributed by atoms with E-state index >= 15 is 0 Å². The van der Waals surface area contributed by atoms with Gasteiger partial charge in [0.15, 0.2) is 11.5 Å². The molecule has 0 fully saturated rings. The fraction of sp³-hybridized carbons (Fsp3) is 0.222. The minimum absolute atomic E-state index is 0.0369. The minimum Gasteiger partial charge on any atom is -0.493 e. The van der Waals surface area contributed by atoms with E-state index in [2.05, 4.69) is 47.2 Å². The first-order valence-corrected chi connectivity index (χ1v) is 11.7. The molecule has 33 heavy (non-hydrogen) atoms. The predicted octanol–water partition coefficient (Wildman–Crippen LogP) is 6.15. The molecular formula is C27H22BrNO4. The molecule has 3 aromatic carbocycles. The number of nitrogens with one attached hydrogen (secondary N) is 1. The summed E-state index contributed by atoms with van der Waals surface area (Å²) in [4.78, 5) is 13.3. The van der Waals surface area contributed by atoms with Crippen molar-refractivity contribution in [2.45, 2.75) is 25.7 Å². The van der Waals surface area contributed by atoms with Crippen LogP contribution in [0, 0.1) is 6.92 Å². The van der Waals surface area contributed by atoms with Gasteiger partial charge in [-0.2, -0.15) is 0 Å². The zero-order valence-electron chi connectivity index (χ0n) is 18.5. The van der Waals surface area contributed by atoms with Crippen LogP contribution >= 0.6 is 15.9 Å². The molecule has 1 amide bonds. The van der Waals surface area contributed by atoms with E-state index < -0.39 is 0 Å². The summed E-state index contributed by atoms with van der Waals surface area (Å²) in [6.45, 7) is 4.38. The van der Waals surface area contributed by atoms with Crippen molar-refractivity contribution in [1.29, 1.82) is 0 Å². The maximum absolute atomic E-state index is 13.3. The van der Waals surface area contributed by atoms with Crippen molar-refractivity contribution < 1.29 is 19.0 Å². The van der Waals surface area contributed by atoms with Gasteiger partial charge in [0.1, 0.15) is 0 Å². The molecule has 1 N–H and O–H groups in total. The Morgan fingerprint density at radius 2 is 1.88 bits per heavy atom. The van der Waals surface area contributed by atoms with Crippen molar-refractivity contribution in [1.82, 2.24) is 0 Å². The lowest BCUT2D eigenvalue weighted by Crippen LogP contribution is -2.20. The topological polar surface area (TPSA) is 56.8 Å². The number of allylic oxidation sites excluding steroid dienone is 1. The molecule has 2 atom stereocenters. The Labute approximate surface area is 200 Å². The van der Waals surface area contributed by atoms with Crippen molar-refractivity contribution in [2.24, 2.45) is 0 Å². The summed E-state index contributed by atoms with van der Waals surface area (Å²) in [5.41, 5.74) is 8.62. The molecule has 0 saturated heterocycles. The molecule has 0 aromatic heterocycles. The second-order valence-corrected chi connectivity index (χ2v) is 9.49. The number of hydrogen-bond acceptors (Lipinski definition) is 4. The van der Waals surface area contributed by atoms with Gasteiger partial charge in [-0.1, -0.05) is 45.8 Å². The van der Waals surface area contributed by atoms with E-state index in [0.717, 1.165) is 49.1 Å². The first kappa shape index (κ1) is 20.4. The van der Waals surface area contributed by atoms with Crippen molar-refractivity contribution in [3.63, 3.8) is 0 Å². The summed E-state index contributed by atoms with van der Waals surface area (Å²) in [6.07, 6.45) is 0. The van der Waals surface area contributed by atoms with Gasteiger partial charge in [-0.05, 0) is 71.5 Å².